The molecule has 0 atom stereocenters. The molecule has 0 aliphatic carbocycles. The van der Waals surface area contributed by atoms with Crippen molar-refractivity contribution >= 4 is 18.1 Å². The molecule has 5 nitrogen and oxygen atoms in total. The van der Waals surface area contributed by atoms with Gasteiger partial charge in [-0.1, -0.05) is 26.0 Å². The Morgan fingerprint density at radius 2 is 1.84 bits per heavy atom. The van der Waals surface area contributed by atoms with E-state index in [1.54, 1.807) is 12.1 Å². The number of halogens is 1. The molecular formula is C13H22ClN3O2. The molecule has 0 aliphatic rings. The SMILES string of the molecule is CN(Cc1ccc([N+](=O)[O-])cc1)CC(C)(C)CN.Cl. The predicted molar refractivity (Wildman–Crippen MR) is 79.5 cm³/mol. The van der Waals surface area contributed by atoms with Crippen molar-refractivity contribution in [3.63, 3.8) is 0 Å². The van der Waals surface area contributed by atoms with Crippen LogP contribution in [0.3, 0.4) is 0 Å². The highest BCUT2D eigenvalue weighted by Crippen LogP contribution is 2.17. The van der Waals surface area contributed by atoms with Crippen molar-refractivity contribution in [2.45, 2.75) is 20.4 Å². The number of rotatable bonds is 6. The van der Waals surface area contributed by atoms with E-state index in [4.69, 9.17) is 5.73 Å². The molecule has 0 bridgehead atoms. The van der Waals surface area contributed by atoms with E-state index in [0.717, 1.165) is 18.7 Å². The van der Waals surface area contributed by atoms with Crippen molar-refractivity contribution in [1.82, 2.24) is 4.90 Å². The largest absolute Gasteiger partial charge is 0.330 e. The molecule has 2 N–H and O–H groups in total. The van der Waals surface area contributed by atoms with Crippen LogP contribution in [0.4, 0.5) is 5.69 Å². The third-order valence-corrected chi connectivity index (χ3v) is 2.85. The lowest BCUT2D eigenvalue weighted by molar-refractivity contribution is -0.384. The maximum atomic E-state index is 10.5. The van der Waals surface area contributed by atoms with Crippen LogP contribution in [0.15, 0.2) is 24.3 Å². The second kappa shape index (κ2) is 7.43. The summed E-state index contributed by atoms with van der Waals surface area (Å²) in [7, 11) is 2.03. The average Bonchev–Trinajstić information content (AvgIpc) is 2.29. The average molecular weight is 288 g/mol. The fraction of sp³-hybridized carbons (Fsp3) is 0.538. The van der Waals surface area contributed by atoms with Crippen LogP contribution in [0.5, 0.6) is 0 Å². The molecule has 0 aliphatic heterocycles. The van der Waals surface area contributed by atoms with Crippen molar-refractivity contribution in [3.05, 3.63) is 39.9 Å². The van der Waals surface area contributed by atoms with E-state index >= 15 is 0 Å². The Balaban J connectivity index is 0.00000324. The van der Waals surface area contributed by atoms with Gasteiger partial charge in [-0.05, 0) is 24.6 Å². The zero-order valence-corrected chi connectivity index (χ0v) is 12.4. The molecule has 0 amide bonds. The fourth-order valence-electron chi connectivity index (χ4n) is 1.89. The smallest absolute Gasteiger partial charge is 0.269 e. The summed E-state index contributed by atoms with van der Waals surface area (Å²) in [6, 6.07) is 6.67. The molecule has 0 unspecified atom stereocenters. The zero-order chi connectivity index (χ0) is 13.8. The van der Waals surface area contributed by atoms with Crippen LogP contribution in [-0.2, 0) is 6.54 Å². The van der Waals surface area contributed by atoms with Gasteiger partial charge in [0.2, 0.25) is 0 Å². The number of hydrogen-bond acceptors (Lipinski definition) is 4. The molecule has 0 fully saturated rings. The van der Waals surface area contributed by atoms with Gasteiger partial charge in [0.1, 0.15) is 0 Å². The van der Waals surface area contributed by atoms with Crippen LogP contribution in [-0.4, -0.2) is 30.0 Å². The molecule has 1 aromatic carbocycles. The monoisotopic (exact) mass is 287 g/mol. The van der Waals surface area contributed by atoms with Crippen LogP contribution >= 0.6 is 12.4 Å². The zero-order valence-electron chi connectivity index (χ0n) is 11.6. The summed E-state index contributed by atoms with van der Waals surface area (Å²) >= 11 is 0. The van der Waals surface area contributed by atoms with E-state index < -0.39 is 0 Å². The van der Waals surface area contributed by atoms with Crippen molar-refractivity contribution in [2.75, 3.05) is 20.1 Å². The van der Waals surface area contributed by atoms with Gasteiger partial charge in [0.15, 0.2) is 0 Å². The molecule has 0 saturated carbocycles. The van der Waals surface area contributed by atoms with Crippen LogP contribution in [0.1, 0.15) is 19.4 Å². The van der Waals surface area contributed by atoms with Crippen molar-refractivity contribution in [1.29, 1.82) is 0 Å². The number of nitro groups is 1. The summed E-state index contributed by atoms with van der Waals surface area (Å²) < 4.78 is 0. The first-order chi connectivity index (χ1) is 8.34. The van der Waals surface area contributed by atoms with Gasteiger partial charge < -0.3 is 10.6 Å². The van der Waals surface area contributed by atoms with Gasteiger partial charge in [0.05, 0.1) is 4.92 Å². The molecule has 0 saturated heterocycles. The minimum atomic E-state index is -0.384. The maximum Gasteiger partial charge on any atom is 0.269 e. The van der Waals surface area contributed by atoms with Gasteiger partial charge >= 0.3 is 0 Å². The Bertz CT molecular complexity index is 407. The van der Waals surface area contributed by atoms with Crippen LogP contribution in [0, 0.1) is 15.5 Å². The Kier molecular flexibility index (Phi) is 6.97. The molecular weight excluding hydrogens is 266 g/mol. The van der Waals surface area contributed by atoms with E-state index in [0.29, 0.717) is 6.54 Å². The van der Waals surface area contributed by atoms with Gasteiger partial charge in [-0.25, -0.2) is 0 Å². The summed E-state index contributed by atoms with van der Waals surface area (Å²) in [6.45, 7) is 6.54. The minimum absolute atomic E-state index is 0. The van der Waals surface area contributed by atoms with Crippen molar-refractivity contribution in [2.24, 2.45) is 11.1 Å². The molecule has 108 valence electrons. The van der Waals surface area contributed by atoms with E-state index in [9.17, 15) is 10.1 Å². The predicted octanol–water partition coefficient (Wildman–Crippen LogP) is 2.43. The minimum Gasteiger partial charge on any atom is -0.330 e. The van der Waals surface area contributed by atoms with E-state index in [-0.39, 0.29) is 28.4 Å². The summed E-state index contributed by atoms with van der Waals surface area (Å²) in [6.07, 6.45) is 0. The van der Waals surface area contributed by atoms with Gasteiger partial charge in [-0.3, -0.25) is 10.1 Å². The maximum absolute atomic E-state index is 10.5. The van der Waals surface area contributed by atoms with E-state index in [2.05, 4.69) is 18.7 Å². The van der Waals surface area contributed by atoms with Crippen LogP contribution in [0.2, 0.25) is 0 Å². The lowest BCUT2D eigenvalue weighted by Crippen LogP contribution is -2.36. The summed E-state index contributed by atoms with van der Waals surface area (Å²) in [5, 5.41) is 10.5. The summed E-state index contributed by atoms with van der Waals surface area (Å²) in [4.78, 5) is 12.3. The number of nitrogens with two attached hydrogens (primary N) is 1. The Labute approximate surface area is 120 Å². The second-order valence-corrected chi connectivity index (χ2v) is 5.46. The van der Waals surface area contributed by atoms with Crippen molar-refractivity contribution < 1.29 is 4.92 Å². The van der Waals surface area contributed by atoms with Gasteiger partial charge in [-0.2, -0.15) is 0 Å². The number of nitro benzene ring substituents is 1. The van der Waals surface area contributed by atoms with Crippen molar-refractivity contribution in [3.8, 4) is 0 Å². The number of hydrogen-bond donors (Lipinski definition) is 1. The standard InChI is InChI=1S/C13H21N3O2.ClH/c1-13(2,9-14)10-15(3)8-11-4-6-12(7-5-11)16(17)18;/h4-7H,8-10,14H2,1-3H3;1H. The highest BCUT2D eigenvalue weighted by molar-refractivity contribution is 5.85. The number of nitrogens with zero attached hydrogens (tertiary/aromatic N) is 2. The molecule has 19 heavy (non-hydrogen) atoms. The Morgan fingerprint density at radius 3 is 2.26 bits per heavy atom. The Morgan fingerprint density at radius 1 is 1.32 bits per heavy atom. The van der Waals surface area contributed by atoms with Gasteiger partial charge in [-0.15, -0.1) is 12.4 Å². The normalized spacial score (nSPS) is 11.2. The first-order valence-electron chi connectivity index (χ1n) is 5.96. The first kappa shape index (κ1) is 17.8. The van der Waals surface area contributed by atoms with Crippen LogP contribution < -0.4 is 5.73 Å². The quantitative estimate of drug-likeness (QED) is 0.644. The second-order valence-electron chi connectivity index (χ2n) is 5.46. The molecule has 1 aromatic rings. The van der Waals surface area contributed by atoms with Crippen LogP contribution in [0.25, 0.3) is 0 Å². The molecule has 0 aromatic heterocycles. The third kappa shape index (κ3) is 6.00. The first-order valence-corrected chi connectivity index (χ1v) is 5.96. The fourth-order valence-corrected chi connectivity index (χ4v) is 1.89. The lowest BCUT2D eigenvalue weighted by Gasteiger charge is -2.29. The number of non-ortho nitro benzene ring substituents is 1. The molecule has 0 radical (unpaired) electrons. The Hall–Kier alpha value is -1.17. The molecule has 0 spiro atoms. The molecule has 0 heterocycles. The van der Waals surface area contributed by atoms with E-state index in [1.165, 1.54) is 12.1 Å². The lowest BCUT2D eigenvalue weighted by atomic mass is 9.93. The third-order valence-electron chi connectivity index (χ3n) is 2.85. The topological polar surface area (TPSA) is 72.4 Å². The highest BCUT2D eigenvalue weighted by Gasteiger charge is 2.18. The highest BCUT2D eigenvalue weighted by atomic mass is 35.5. The van der Waals surface area contributed by atoms with Gasteiger partial charge in [0.25, 0.3) is 5.69 Å². The molecule has 6 heteroatoms. The molecule has 1 rings (SSSR count). The van der Waals surface area contributed by atoms with E-state index in [1.807, 2.05) is 7.05 Å². The van der Waals surface area contributed by atoms with Gasteiger partial charge in [0, 0.05) is 25.2 Å². The summed E-state index contributed by atoms with van der Waals surface area (Å²) in [5.41, 5.74) is 6.97. The number of benzene rings is 1. The summed E-state index contributed by atoms with van der Waals surface area (Å²) in [5.74, 6) is 0.